The first kappa shape index (κ1) is 16.0. The van der Waals surface area contributed by atoms with Crippen molar-refractivity contribution in [3.63, 3.8) is 0 Å². The van der Waals surface area contributed by atoms with Crippen molar-refractivity contribution in [3.8, 4) is 0 Å². The average Bonchev–Trinajstić information content (AvgIpc) is 3.17. The molecule has 130 valence electrons. The number of anilines is 1. The van der Waals surface area contributed by atoms with Crippen LogP contribution in [0.2, 0.25) is 0 Å². The highest BCUT2D eigenvalue weighted by Crippen LogP contribution is 2.34. The van der Waals surface area contributed by atoms with Crippen LogP contribution in [-0.4, -0.2) is 21.9 Å². The number of carboxylic acid groups (broad SMARTS) is 1. The number of hydrogen-bond acceptors (Lipinski definition) is 4. The van der Waals surface area contributed by atoms with Crippen molar-refractivity contribution in [1.29, 1.82) is 0 Å². The number of carbonyl (C=O) groups is 2. The lowest BCUT2D eigenvalue weighted by Crippen LogP contribution is -2.42. The third kappa shape index (κ3) is 2.82. The molecule has 0 saturated carbocycles. The number of amides is 1. The van der Waals surface area contributed by atoms with Crippen LogP contribution in [0.4, 0.5) is 5.69 Å². The van der Waals surface area contributed by atoms with E-state index in [1.54, 1.807) is 35.4 Å². The van der Waals surface area contributed by atoms with Gasteiger partial charge in [0.05, 0.1) is 23.9 Å². The Morgan fingerprint density at radius 2 is 1.85 bits per heavy atom. The summed E-state index contributed by atoms with van der Waals surface area (Å²) >= 11 is 0. The molecule has 1 amide bonds. The first-order chi connectivity index (χ1) is 12.6. The highest BCUT2D eigenvalue weighted by atomic mass is 16.4. The van der Waals surface area contributed by atoms with Crippen molar-refractivity contribution in [2.24, 2.45) is 0 Å². The SMILES string of the molecule is O=C(O)c1ccc([C@@H]2Nc3ccccc3C(=O)N2Cc2ccco2)cc1. The Labute approximate surface area is 149 Å². The predicted molar refractivity (Wildman–Crippen MR) is 94.8 cm³/mol. The highest BCUT2D eigenvalue weighted by molar-refractivity contribution is 6.01. The van der Waals surface area contributed by atoms with Crippen LogP contribution in [-0.2, 0) is 6.54 Å². The summed E-state index contributed by atoms with van der Waals surface area (Å²) in [5, 5.41) is 12.5. The van der Waals surface area contributed by atoms with Crippen LogP contribution in [0.15, 0.2) is 71.3 Å². The number of nitrogens with one attached hydrogen (secondary N) is 1. The standard InChI is InChI=1S/C20H16N2O4/c23-19-16-5-1-2-6-17(16)21-18(22(19)12-15-4-3-11-26-15)13-7-9-14(10-8-13)20(24)25/h1-11,18,21H,12H2,(H,24,25)/t18-/m1/s1. The smallest absolute Gasteiger partial charge is 0.335 e. The minimum absolute atomic E-state index is 0.108. The lowest BCUT2D eigenvalue weighted by molar-refractivity contribution is 0.0648. The van der Waals surface area contributed by atoms with E-state index in [2.05, 4.69) is 5.32 Å². The number of benzene rings is 2. The Balaban J connectivity index is 1.74. The van der Waals surface area contributed by atoms with Crippen LogP contribution in [0.3, 0.4) is 0 Å². The van der Waals surface area contributed by atoms with Gasteiger partial charge in [0.1, 0.15) is 11.9 Å². The largest absolute Gasteiger partial charge is 0.478 e. The van der Waals surface area contributed by atoms with E-state index >= 15 is 0 Å². The minimum atomic E-state index is -0.984. The predicted octanol–water partition coefficient (Wildman–Crippen LogP) is 3.74. The van der Waals surface area contributed by atoms with Gasteiger partial charge in [0, 0.05) is 5.69 Å². The summed E-state index contributed by atoms with van der Waals surface area (Å²) in [6.45, 7) is 0.304. The molecule has 2 aromatic carbocycles. The van der Waals surface area contributed by atoms with Gasteiger partial charge >= 0.3 is 5.97 Å². The molecule has 3 aromatic rings. The summed E-state index contributed by atoms with van der Waals surface area (Å²) < 4.78 is 5.41. The van der Waals surface area contributed by atoms with Gasteiger partial charge in [-0.3, -0.25) is 4.79 Å². The second-order valence-electron chi connectivity index (χ2n) is 6.03. The Morgan fingerprint density at radius 1 is 1.08 bits per heavy atom. The molecule has 0 spiro atoms. The normalized spacial score (nSPS) is 16.1. The number of carboxylic acids is 1. The number of fused-ring (bicyclic) bond motifs is 1. The summed E-state index contributed by atoms with van der Waals surface area (Å²) in [6.07, 6.45) is 1.15. The highest BCUT2D eigenvalue weighted by Gasteiger charge is 2.33. The molecule has 2 N–H and O–H groups in total. The van der Waals surface area contributed by atoms with Crippen LogP contribution < -0.4 is 5.32 Å². The second-order valence-corrected chi connectivity index (χ2v) is 6.03. The van der Waals surface area contributed by atoms with Gasteiger partial charge in [-0.2, -0.15) is 0 Å². The van der Waals surface area contributed by atoms with E-state index < -0.39 is 12.1 Å². The van der Waals surface area contributed by atoms with Crippen molar-refractivity contribution in [2.45, 2.75) is 12.7 Å². The van der Waals surface area contributed by atoms with Gasteiger partial charge in [-0.15, -0.1) is 0 Å². The molecule has 0 saturated heterocycles. The number of rotatable bonds is 4. The van der Waals surface area contributed by atoms with E-state index in [9.17, 15) is 9.59 Å². The fraction of sp³-hybridized carbons (Fsp3) is 0.100. The third-order valence-electron chi connectivity index (χ3n) is 4.40. The molecule has 6 heteroatoms. The molecular formula is C20H16N2O4. The van der Waals surface area contributed by atoms with Gasteiger partial charge in [-0.25, -0.2) is 4.79 Å². The molecule has 1 atom stereocenters. The molecule has 0 radical (unpaired) electrons. The number of para-hydroxylation sites is 1. The van der Waals surface area contributed by atoms with E-state index in [0.29, 0.717) is 17.9 Å². The number of aromatic carboxylic acids is 1. The Kier molecular flexibility index (Phi) is 3.93. The number of nitrogens with zero attached hydrogens (tertiary/aromatic N) is 1. The molecule has 1 aliphatic heterocycles. The number of hydrogen-bond donors (Lipinski definition) is 2. The summed E-state index contributed by atoms with van der Waals surface area (Å²) in [5.74, 6) is -0.420. The van der Waals surface area contributed by atoms with E-state index in [1.807, 2.05) is 24.3 Å². The van der Waals surface area contributed by atoms with Crippen molar-refractivity contribution >= 4 is 17.6 Å². The van der Waals surface area contributed by atoms with Crippen molar-refractivity contribution < 1.29 is 19.1 Å². The molecule has 0 unspecified atom stereocenters. The van der Waals surface area contributed by atoms with Crippen LogP contribution in [0.5, 0.6) is 0 Å². The molecule has 1 aliphatic rings. The second kappa shape index (κ2) is 6.40. The van der Waals surface area contributed by atoms with Gasteiger partial charge in [-0.05, 0) is 42.0 Å². The summed E-state index contributed by atoms with van der Waals surface area (Å²) in [7, 11) is 0. The molecule has 2 heterocycles. The first-order valence-electron chi connectivity index (χ1n) is 8.15. The fourth-order valence-electron chi connectivity index (χ4n) is 3.10. The molecule has 26 heavy (non-hydrogen) atoms. The van der Waals surface area contributed by atoms with Crippen molar-refractivity contribution in [2.75, 3.05) is 5.32 Å². The zero-order valence-corrected chi connectivity index (χ0v) is 13.8. The summed E-state index contributed by atoms with van der Waals surface area (Å²) in [4.78, 5) is 25.8. The van der Waals surface area contributed by atoms with E-state index in [4.69, 9.17) is 9.52 Å². The molecule has 4 rings (SSSR count). The van der Waals surface area contributed by atoms with E-state index in [1.165, 1.54) is 12.1 Å². The van der Waals surface area contributed by atoms with Crippen molar-refractivity contribution in [1.82, 2.24) is 4.90 Å². The van der Waals surface area contributed by atoms with Gasteiger partial charge in [0.25, 0.3) is 5.91 Å². The van der Waals surface area contributed by atoms with Crippen LogP contribution in [0.1, 0.15) is 38.2 Å². The lowest BCUT2D eigenvalue weighted by Gasteiger charge is -2.37. The Morgan fingerprint density at radius 3 is 2.54 bits per heavy atom. The first-order valence-corrected chi connectivity index (χ1v) is 8.15. The molecular weight excluding hydrogens is 332 g/mol. The summed E-state index contributed by atoms with van der Waals surface area (Å²) in [5.41, 5.74) is 2.34. The average molecular weight is 348 g/mol. The zero-order chi connectivity index (χ0) is 18.1. The zero-order valence-electron chi connectivity index (χ0n) is 13.8. The van der Waals surface area contributed by atoms with Crippen LogP contribution >= 0.6 is 0 Å². The van der Waals surface area contributed by atoms with E-state index in [0.717, 1.165) is 11.3 Å². The molecule has 6 nitrogen and oxygen atoms in total. The van der Waals surface area contributed by atoms with E-state index in [-0.39, 0.29) is 11.5 Å². The van der Waals surface area contributed by atoms with Gasteiger partial charge in [-0.1, -0.05) is 24.3 Å². The quantitative estimate of drug-likeness (QED) is 0.750. The lowest BCUT2D eigenvalue weighted by atomic mass is 10.0. The maximum absolute atomic E-state index is 13.1. The third-order valence-corrected chi connectivity index (χ3v) is 4.40. The van der Waals surface area contributed by atoms with Gasteiger partial charge in [0.15, 0.2) is 0 Å². The van der Waals surface area contributed by atoms with Crippen molar-refractivity contribution in [3.05, 3.63) is 89.4 Å². The van der Waals surface area contributed by atoms with Gasteiger partial charge < -0.3 is 19.7 Å². The molecule has 1 aromatic heterocycles. The Bertz CT molecular complexity index is 948. The maximum atomic E-state index is 13.1. The maximum Gasteiger partial charge on any atom is 0.335 e. The minimum Gasteiger partial charge on any atom is -0.478 e. The number of carbonyl (C=O) groups excluding carboxylic acids is 1. The Hall–Kier alpha value is -3.54. The van der Waals surface area contributed by atoms with Crippen LogP contribution in [0.25, 0.3) is 0 Å². The fourth-order valence-corrected chi connectivity index (χ4v) is 3.10. The molecule has 0 aliphatic carbocycles. The topological polar surface area (TPSA) is 82.8 Å². The number of furan rings is 1. The molecule has 0 fully saturated rings. The monoisotopic (exact) mass is 348 g/mol. The molecule has 0 bridgehead atoms. The van der Waals surface area contributed by atoms with Gasteiger partial charge in [0.2, 0.25) is 0 Å². The summed E-state index contributed by atoms with van der Waals surface area (Å²) in [6, 6.07) is 17.4. The van der Waals surface area contributed by atoms with Crippen LogP contribution in [0, 0.1) is 0 Å².